The first-order valence-corrected chi connectivity index (χ1v) is 16.1. The van der Waals surface area contributed by atoms with Crippen molar-refractivity contribution in [1.29, 1.82) is 5.26 Å². The minimum atomic E-state index is -5.09. The number of hydrogen-bond donors (Lipinski definition) is 2. The molecule has 0 spiro atoms. The summed E-state index contributed by atoms with van der Waals surface area (Å²) in [6.45, 7) is 2.96. The highest BCUT2D eigenvalue weighted by molar-refractivity contribution is 7.23. The number of ether oxygens (including phenoxy) is 1. The number of anilines is 2. The standard InChI is InChI=1S/C32H30F6N6O2S/c1-15-9-17(45)5-8-44(15)29-19-10-21(32(36,37)38)24(18-3-4-22(34)27-23(18)20(12-39)28(40)47-27)25(35)26(19)41-30(42-29)46-14-31-6-2-7-43(31)13-16(33)11-31/h3-4,10,15-17,45H,2,5-9,11,13-14,40H2,1H3. The first kappa shape index (κ1) is 31.7. The zero-order valence-corrected chi connectivity index (χ0v) is 26.0. The number of piperidine rings is 1. The highest BCUT2D eigenvalue weighted by Gasteiger charge is 2.49. The molecule has 0 aliphatic carbocycles. The van der Waals surface area contributed by atoms with Crippen LogP contribution in [-0.4, -0.2) is 70.1 Å². The van der Waals surface area contributed by atoms with Gasteiger partial charge in [-0.05, 0) is 56.8 Å². The highest BCUT2D eigenvalue weighted by Crippen LogP contribution is 2.48. The molecule has 4 atom stereocenters. The van der Waals surface area contributed by atoms with Crippen LogP contribution in [0, 0.1) is 23.0 Å². The Morgan fingerprint density at radius 1 is 1.23 bits per heavy atom. The molecule has 4 unspecified atom stereocenters. The van der Waals surface area contributed by atoms with Crippen LogP contribution < -0.4 is 15.4 Å². The Hall–Kier alpha value is -3.87. The predicted octanol–water partition coefficient (Wildman–Crippen LogP) is 6.57. The number of nitriles is 1. The molecule has 47 heavy (non-hydrogen) atoms. The molecule has 2 aromatic carbocycles. The molecule has 7 rings (SSSR count). The van der Waals surface area contributed by atoms with E-state index in [2.05, 4.69) is 9.97 Å². The largest absolute Gasteiger partial charge is 0.461 e. The van der Waals surface area contributed by atoms with E-state index >= 15 is 4.39 Å². The highest BCUT2D eigenvalue weighted by atomic mass is 32.1. The number of aromatic nitrogens is 2. The normalized spacial score (nSPS) is 25.1. The van der Waals surface area contributed by atoms with Gasteiger partial charge in [0.15, 0.2) is 5.82 Å². The van der Waals surface area contributed by atoms with E-state index in [4.69, 9.17) is 10.5 Å². The van der Waals surface area contributed by atoms with Gasteiger partial charge in [-0.2, -0.15) is 28.4 Å². The van der Waals surface area contributed by atoms with Crippen LogP contribution >= 0.6 is 11.3 Å². The maximum Gasteiger partial charge on any atom is 0.417 e. The molecule has 0 amide bonds. The van der Waals surface area contributed by atoms with E-state index < -0.39 is 52.3 Å². The Morgan fingerprint density at radius 3 is 2.74 bits per heavy atom. The third kappa shape index (κ3) is 5.21. The Kier molecular flexibility index (Phi) is 7.68. The first-order chi connectivity index (χ1) is 22.3. The van der Waals surface area contributed by atoms with Gasteiger partial charge < -0.3 is 20.5 Å². The lowest BCUT2D eigenvalue weighted by atomic mass is 9.92. The predicted molar refractivity (Wildman–Crippen MR) is 165 cm³/mol. The van der Waals surface area contributed by atoms with Crippen molar-refractivity contribution in [2.45, 2.75) is 69.1 Å². The first-order valence-electron chi connectivity index (χ1n) is 15.3. The molecule has 3 aliphatic heterocycles. The number of nitrogens with two attached hydrogens (primary N) is 1. The lowest BCUT2D eigenvalue weighted by Gasteiger charge is -2.37. The fraction of sp³-hybridized carbons (Fsp3) is 0.469. The minimum absolute atomic E-state index is 0.0000393. The number of rotatable bonds is 5. The second-order valence-electron chi connectivity index (χ2n) is 12.7. The van der Waals surface area contributed by atoms with Crippen LogP contribution in [0.25, 0.3) is 32.1 Å². The van der Waals surface area contributed by atoms with Gasteiger partial charge in [-0.15, -0.1) is 11.3 Å². The summed E-state index contributed by atoms with van der Waals surface area (Å²) in [5, 5.41) is 19.4. The monoisotopic (exact) mass is 676 g/mol. The van der Waals surface area contributed by atoms with Gasteiger partial charge in [-0.1, -0.05) is 6.07 Å². The van der Waals surface area contributed by atoms with E-state index in [1.807, 2.05) is 11.0 Å². The zero-order valence-electron chi connectivity index (χ0n) is 25.2. The maximum atomic E-state index is 16.9. The topological polar surface area (TPSA) is 112 Å². The molecule has 3 aliphatic rings. The summed E-state index contributed by atoms with van der Waals surface area (Å²) in [5.74, 6) is -2.18. The van der Waals surface area contributed by atoms with Crippen LogP contribution in [-0.2, 0) is 6.18 Å². The summed E-state index contributed by atoms with van der Waals surface area (Å²) in [5.41, 5.74) is 1.95. The fourth-order valence-corrected chi connectivity index (χ4v) is 8.53. The Labute approximate surface area is 269 Å². The van der Waals surface area contributed by atoms with Gasteiger partial charge in [-0.3, -0.25) is 4.90 Å². The SMILES string of the molecule is CC1CC(O)CCN1c1nc(OCC23CCCN2CC(F)C3)nc2c(F)c(-c3ccc(F)c4sc(N)c(C#N)c34)c(C(F)(F)F)cc12. The third-order valence-electron chi connectivity index (χ3n) is 9.75. The van der Waals surface area contributed by atoms with Crippen LogP contribution in [0.3, 0.4) is 0 Å². The summed E-state index contributed by atoms with van der Waals surface area (Å²) >= 11 is 0.685. The van der Waals surface area contributed by atoms with Gasteiger partial charge in [-0.25, -0.2) is 13.2 Å². The van der Waals surface area contributed by atoms with E-state index in [-0.39, 0.29) is 75.6 Å². The molecule has 5 heterocycles. The van der Waals surface area contributed by atoms with Crippen LogP contribution in [0.4, 0.5) is 37.2 Å². The number of hydrogen-bond acceptors (Lipinski definition) is 9. The number of nitrogens with zero attached hydrogens (tertiary/aromatic N) is 5. The van der Waals surface area contributed by atoms with Gasteiger partial charge in [0, 0.05) is 41.9 Å². The van der Waals surface area contributed by atoms with Crippen molar-refractivity contribution in [3.05, 3.63) is 41.0 Å². The van der Waals surface area contributed by atoms with Gasteiger partial charge in [0.05, 0.1) is 27.5 Å². The molecule has 0 radical (unpaired) electrons. The fourth-order valence-electron chi connectivity index (χ4n) is 7.58. The number of nitrogen functional groups attached to an aromatic ring is 1. The van der Waals surface area contributed by atoms with Crippen molar-refractivity contribution in [2.24, 2.45) is 0 Å². The van der Waals surface area contributed by atoms with E-state index in [0.29, 0.717) is 37.1 Å². The van der Waals surface area contributed by atoms with Crippen LogP contribution in [0.2, 0.25) is 0 Å². The Balaban J connectivity index is 1.46. The summed E-state index contributed by atoms with van der Waals surface area (Å²) in [4.78, 5) is 12.5. The van der Waals surface area contributed by atoms with Crippen molar-refractivity contribution in [3.8, 4) is 23.2 Å². The summed E-state index contributed by atoms with van der Waals surface area (Å²) in [6.07, 6.45) is -4.39. The number of thiophene rings is 1. The second-order valence-corrected chi connectivity index (χ2v) is 13.7. The quantitative estimate of drug-likeness (QED) is 0.229. The smallest absolute Gasteiger partial charge is 0.417 e. The molecule has 4 aromatic rings. The van der Waals surface area contributed by atoms with E-state index in [0.717, 1.165) is 24.6 Å². The average Bonchev–Trinajstić information content (AvgIpc) is 3.65. The molecule has 3 fully saturated rings. The molecule has 248 valence electrons. The molecule has 2 aromatic heterocycles. The van der Waals surface area contributed by atoms with Gasteiger partial charge in [0.1, 0.15) is 41.0 Å². The van der Waals surface area contributed by atoms with Crippen molar-refractivity contribution in [1.82, 2.24) is 14.9 Å². The Bertz CT molecular complexity index is 1950. The van der Waals surface area contributed by atoms with Crippen LogP contribution in [0.15, 0.2) is 18.2 Å². The number of fused-ring (bicyclic) bond motifs is 3. The second kappa shape index (κ2) is 11.4. The van der Waals surface area contributed by atoms with E-state index in [9.17, 15) is 32.3 Å². The molecule has 8 nitrogen and oxygen atoms in total. The van der Waals surface area contributed by atoms with E-state index in [1.165, 1.54) is 0 Å². The summed E-state index contributed by atoms with van der Waals surface area (Å²) in [6, 6.07) is 3.82. The number of halogens is 6. The van der Waals surface area contributed by atoms with Crippen LogP contribution in [0.5, 0.6) is 6.01 Å². The third-order valence-corrected chi connectivity index (χ3v) is 10.8. The molecule has 15 heteroatoms. The van der Waals surface area contributed by atoms with Gasteiger partial charge in [0.25, 0.3) is 0 Å². The van der Waals surface area contributed by atoms with Crippen molar-refractivity contribution >= 4 is 43.1 Å². The minimum Gasteiger partial charge on any atom is -0.461 e. The average molecular weight is 677 g/mol. The molecule has 0 saturated carbocycles. The van der Waals surface area contributed by atoms with Crippen molar-refractivity contribution < 1.29 is 36.2 Å². The maximum absolute atomic E-state index is 16.9. The van der Waals surface area contributed by atoms with E-state index in [1.54, 1.807) is 11.8 Å². The summed E-state index contributed by atoms with van der Waals surface area (Å²) < 4.78 is 96.7. The lowest BCUT2D eigenvalue weighted by molar-refractivity contribution is -0.137. The number of aliphatic hydroxyl groups is 1. The lowest BCUT2D eigenvalue weighted by Crippen LogP contribution is -2.44. The number of alkyl halides is 4. The van der Waals surface area contributed by atoms with Crippen LogP contribution in [0.1, 0.15) is 50.2 Å². The van der Waals surface area contributed by atoms with Gasteiger partial charge in [0.2, 0.25) is 0 Å². The number of benzene rings is 2. The molecule has 0 bridgehead atoms. The molecule has 3 saturated heterocycles. The number of aliphatic hydroxyl groups excluding tert-OH is 1. The zero-order chi connectivity index (χ0) is 33.4. The summed E-state index contributed by atoms with van der Waals surface area (Å²) in [7, 11) is 0. The molecule has 3 N–H and O–H groups in total. The van der Waals surface area contributed by atoms with Crippen molar-refractivity contribution in [2.75, 3.05) is 36.9 Å². The van der Waals surface area contributed by atoms with Gasteiger partial charge >= 0.3 is 12.2 Å². The molecular formula is C32H30F6N6O2S. The van der Waals surface area contributed by atoms with Crippen molar-refractivity contribution in [3.63, 3.8) is 0 Å². The Morgan fingerprint density at radius 2 is 2.02 bits per heavy atom. The molecular weight excluding hydrogens is 646 g/mol.